The van der Waals surface area contributed by atoms with Gasteiger partial charge in [0.25, 0.3) is 0 Å². The standard InChI is InChI=1S/C20H23FN2O2/c21-19(15-18(24)20(25)16-7-3-1-4-8-16)23-13-11-22(12-14-23)17-9-5-2-6-10-17/h1-10,19-20,25H,11-15H2. The van der Waals surface area contributed by atoms with Crippen molar-refractivity contribution in [1.29, 1.82) is 0 Å². The number of halogens is 1. The molecule has 5 heteroatoms. The van der Waals surface area contributed by atoms with E-state index in [9.17, 15) is 14.3 Å². The number of benzene rings is 2. The van der Waals surface area contributed by atoms with Crippen LogP contribution in [0.1, 0.15) is 18.1 Å². The average Bonchev–Trinajstić information content (AvgIpc) is 2.68. The van der Waals surface area contributed by atoms with Crippen LogP contribution in [0.2, 0.25) is 0 Å². The lowest BCUT2D eigenvalue weighted by Gasteiger charge is -2.37. The minimum absolute atomic E-state index is 0.290. The SMILES string of the molecule is O=C(CC(F)N1CCN(c2ccccc2)CC1)C(O)c1ccccc1. The number of carbonyl (C=O) groups excluding carboxylic acids is 1. The fourth-order valence-corrected chi connectivity index (χ4v) is 3.13. The predicted molar refractivity (Wildman–Crippen MR) is 96.1 cm³/mol. The molecule has 1 aliphatic heterocycles. The highest BCUT2D eigenvalue weighted by Crippen LogP contribution is 2.21. The van der Waals surface area contributed by atoms with Crippen LogP contribution in [0.25, 0.3) is 0 Å². The van der Waals surface area contributed by atoms with Crippen LogP contribution in [0.4, 0.5) is 10.1 Å². The van der Waals surface area contributed by atoms with Crippen molar-refractivity contribution in [2.75, 3.05) is 31.1 Å². The van der Waals surface area contributed by atoms with Crippen molar-refractivity contribution in [1.82, 2.24) is 4.90 Å². The number of hydrogen-bond donors (Lipinski definition) is 1. The molecule has 2 aromatic rings. The monoisotopic (exact) mass is 342 g/mol. The molecule has 0 amide bonds. The van der Waals surface area contributed by atoms with Gasteiger partial charge in [-0.1, -0.05) is 48.5 Å². The molecule has 1 saturated heterocycles. The molecule has 0 aromatic heterocycles. The van der Waals surface area contributed by atoms with Crippen molar-refractivity contribution in [2.24, 2.45) is 0 Å². The number of para-hydroxylation sites is 1. The van der Waals surface area contributed by atoms with E-state index in [4.69, 9.17) is 0 Å². The molecule has 25 heavy (non-hydrogen) atoms. The number of aliphatic hydroxyl groups excluding tert-OH is 1. The summed E-state index contributed by atoms with van der Waals surface area (Å²) in [5, 5.41) is 10.1. The van der Waals surface area contributed by atoms with Crippen molar-refractivity contribution in [2.45, 2.75) is 18.8 Å². The van der Waals surface area contributed by atoms with Crippen molar-refractivity contribution in [3.05, 3.63) is 66.2 Å². The molecule has 1 aliphatic rings. The number of carbonyl (C=O) groups is 1. The first-order valence-corrected chi connectivity index (χ1v) is 8.59. The van der Waals surface area contributed by atoms with Gasteiger partial charge in [0.1, 0.15) is 6.10 Å². The third-order valence-corrected chi connectivity index (χ3v) is 4.62. The Hall–Kier alpha value is -2.24. The number of aliphatic hydroxyl groups is 1. The van der Waals surface area contributed by atoms with Gasteiger partial charge in [-0.05, 0) is 17.7 Å². The lowest BCUT2D eigenvalue weighted by Crippen LogP contribution is -2.49. The molecule has 3 rings (SSSR count). The summed E-state index contributed by atoms with van der Waals surface area (Å²) in [6.07, 6.45) is -2.91. The van der Waals surface area contributed by atoms with E-state index in [0.717, 1.165) is 18.8 Å². The molecule has 2 unspecified atom stereocenters. The van der Waals surface area contributed by atoms with Crippen LogP contribution in [0.5, 0.6) is 0 Å². The van der Waals surface area contributed by atoms with Crippen LogP contribution in [0, 0.1) is 0 Å². The maximum atomic E-state index is 14.5. The van der Waals surface area contributed by atoms with E-state index in [0.29, 0.717) is 18.7 Å². The summed E-state index contributed by atoms with van der Waals surface area (Å²) in [6.45, 7) is 2.56. The van der Waals surface area contributed by atoms with Gasteiger partial charge in [-0.15, -0.1) is 0 Å². The molecule has 0 spiro atoms. The molecule has 2 atom stereocenters. The van der Waals surface area contributed by atoms with Crippen LogP contribution in [0.15, 0.2) is 60.7 Å². The largest absolute Gasteiger partial charge is 0.381 e. The highest BCUT2D eigenvalue weighted by atomic mass is 19.1. The number of ketones is 1. The zero-order valence-electron chi connectivity index (χ0n) is 14.1. The Morgan fingerprint density at radius 1 is 0.960 bits per heavy atom. The molecule has 0 aliphatic carbocycles. The smallest absolute Gasteiger partial charge is 0.170 e. The quantitative estimate of drug-likeness (QED) is 0.820. The Morgan fingerprint density at radius 3 is 2.12 bits per heavy atom. The second-order valence-electron chi connectivity index (χ2n) is 6.28. The van der Waals surface area contributed by atoms with E-state index < -0.39 is 18.2 Å². The van der Waals surface area contributed by atoms with Crippen molar-refractivity contribution in [3.8, 4) is 0 Å². The summed E-state index contributed by atoms with van der Waals surface area (Å²) in [5.41, 5.74) is 1.64. The van der Waals surface area contributed by atoms with Gasteiger partial charge in [0.2, 0.25) is 0 Å². The predicted octanol–water partition coefficient (Wildman–Crippen LogP) is 2.80. The van der Waals surface area contributed by atoms with Crippen LogP contribution in [-0.2, 0) is 4.79 Å². The van der Waals surface area contributed by atoms with Gasteiger partial charge in [-0.25, -0.2) is 4.39 Å². The molecule has 4 nitrogen and oxygen atoms in total. The maximum absolute atomic E-state index is 14.5. The Kier molecular flexibility index (Phi) is 5.79. The summed E-state index contributed by atoms with van der Waals surface area (Å²) in [7, 11) is 0. The van der Waals surface area contributed by atoms with E-state index >= 15 is 0 Å². The van der Waals surface area contributed by atoms with Gasteiger partial charge in [0.15, 0.2) is 12.1 Å². The maximum Gasteiger partial charge on any atom is 0.170 e. The van der Waals surface area contributed by atoms with E-state index in [1.54, 1.807) is 29.2 Å². The first kappa shape index (κ1) is 17.6. The topological polar surface area (TPSA) is 43.8 Å². The molecule has 132 valence electrons. The molecule has 0 saturated carbocycles. The Bertz CT molecular complexity index is 673. The number of anilines is 1. The van der Waals surface area contributed by atoms with Crippen molar-refractivity contribution >= 4 is 11.5 Å². The Labute approximate surface area is 147 Å². The molecule has 2 aromatic carbocycles. The number of rotatable bonds is 6. The highest BCUT2D eigenvalue weighted by molar-refractivity contribution is 5.84. The number of alkyl halides is 1. The second-order valence-corrected chi connectivity index (χ2v) is 6.28. The minimum atomic E-state index is -1.36. The van der Waals surface area contributed by atoms with Crippen LogP contribution >= 0.6 is 0 Å². The van der Waals surface area contributed by atoms with Crippen molar-refractivity contribution in [3.63, 3.8) is 0 Å². The average molecular weight is 342 g/mol. The van der Waals surface area contributed by atoms with Crippen LogP contribution in [0.3, 0.4) is 0 Å². The van der Waals surface area contributed by atoms with E-state index in [2.05, 4.69) is 4.90 Å². The fraction of sp³-hybridized carbons (Fsp3) is 0.350. The summed E-state index contributed by atoms with van der Waals surface area (Å²) < 4.78 is 14.5. The Balaban J connectivity index is 1.51. The normalized spacial score (nSPS) is 17.9. The Morgan fingerprint density at radius 2 is 1.52 bits per heavy atom. The number of nitrogens with zero attached hydrogens (tertiary/aromatic N) is 2. The molecular formula is C20H23FN2O2. The van der Waals surface area contributed by atoms with E-state index in [1.807, 2.05) is 36.4 Å². The van der Waals surface area contributed by atoms with E-state index in [-0.39, 0.29) is 6.42 Å². The first-order chi connectivity index (χ1) is 12.1. The van der Waals surface area contributed by atoms with Gasteiger partial charge >= 0.3 is 0 Å². The number of Topliss-reactive ketones (excluding diaryl/α,β-unsaturated/α-hetero) is 1. The van der Waals surface area contributed by atoms with Crippen LogP contribution < -0.4 is 4.90 Å². The lowest BCUT2D eigenvalue weighted by molar-refractivity contribution is -0.130. The van der Waals surface area contributed by atoms with Gasteiger partial charge in [-0.3, -0.25) is 9.69 Å². The molecular weight excluding hydrogens is 319 g/mol. The summed E-state index contributed by atoms with van der Waals surface area (Å²) in [5.74, 6) is -0.482. The van der Waals surface area contributed by atoms with Gasteiger partial charge in [-0.2, -0.15) is 0 Å². The number of piperazine rings is 1. The summed E-state index contributed by atoms with van der Waals surface area (Å²) in [4.78, 5) is 16.0. The molecule has 0 bridgehead atoms. The number of hydrogen-bond acceptors (Lipinski definition) is 4. The molecule has 0 radical (unpaired) electrons. The van der Waals surface area contributed by atoms with Crippen molar-refractivity contribution < 1.29 is 14.3 Å². The minimum Gasteiger partial charge on any atom is -0.381 e. The third kappa shape index (κ3) is 4.44. The lowest BCUT2D eigenvalue weighted by atomic mass is 10.0. The molecule has 1 heterocycles. The van der Waals surface area contributed by atoms with E-state index in [1.165, 1.54) is 0 Å². The fourth-order valence-electron chi connectivity index (χ4n) is 3.13. The van der Waals surface area contributed by atoms with Gasteiger partial charge < -0.3 is 10.0 Å². The molecule has 1 N–H and O–H groups in total. The first-order valence-electron chi connectivity index (χ1n) is 8.59. The summed E-state index contributed by atoms with van der Waals surface area (Å²) >= 11 is 0. The zero-order valence-corrected chi connectivity index (χ0v) is 14.1. The highest BCUT2D eigenvalue weighted by Gasteiger charge is 2.28. The van der Waals surface area contributed by atoms with Gasteiger partial charge in [0.05, 0.1) is 6.42 Å². The second kappa shape index (κ2) is 8.23. The molecule has 1 fully saturated rings. The van der Waals surface area contributed by atoms with Crippen LogP contribution in [-0.4, -0.2) is 48.3 Å². The zero-order chi connectivity index (χ0) is 17.6. The third-order valence-electron chi connectivity index (χ3n) is 4.62. The summed E-state index contributed by atoms with van der Waals surface area (Å²) in [6, 6.07) is 18.7. The van der Waals surface area contributed by atoms with Gasteiger partial charge in [0, 0.05) is 31.9 Å².